The van der Waals surface area contributed by atoms with Crippen LogP contribution in [-0.4, -0.2) is 11.0 Å². The molecule has 78 valence electrons. The SMILES string of the molecule is O=C1NC(=S)NC1c1ccc(F)c(Cl)c1. The highest BCUT2D eigenvalue weighted by atomic mass is 35.5. The molecule has 1 aromatic carbocycles. The Hall–Kier alpha value is -1.20. The van der Waals surface area contributed by atoms with Crippen LogP contribution < -0.4 is 10.6 Å². The molecule has 6 heteroatoms. The number of amides is 1. The lowest BCUT2D eigenvalue weighted by atomic mass is 10.1. The van der Waals surface area contributed by atoms with Crippen molar-refractivity contribution in [2.75, 3.05) is 0 Å². The van der Waals surface area contributed by atoms with Gasteiger partial charge in [0, 0.05) is 0 Å². The third-order valence-corrected chi connectivity index (χ3v) is 2.56. The molecule has 1 atom stereocenters. The fourth-order valence-corrected chi connectivity index (χ4v) is 1.75. The number of carbonyl (C=O) groups excluding carboxylic acids is 1. The van der Waals surface area contributed by atoms with Crippen LogP contribution in [0.1, 0.15) is 11.6 Å². The first-order valence-corrected chi connectivity index (χ1v) is 4.93. The van der Waals surface area contributed by atoms with E-state index in [1.54, 1.807) is 0 Å². The van der Waals surface area contributed by atoms with Crippen molar-refractivity contribution in [2.24, 2.45) is 0 Å². The predicted octanol–water partition coefficient (Wildman–Crippen LogP) is 1.52. The number of halogens is 2. The lowest BCUT2D eigenvalue weighted by molar-refractivity contribution is -0.120. The van der Waals surface area contributed by atoms with Gasteiger partial charge in [-0.3, -0.25) is 4.79 Å². The second kappa shape index (κ2) is 3.75. The van der Waals surface area contributed by atoms with Gasteiger partial charge in [0.2, 0.25) is 0 Å². The van der Waals surface area contributed by atoms with Gasteiger partial charge in [-0.25, -0.2) is 4.39 Å². The van der Waals surface area contributed by atoms with Gasteiger partial charge in [-0.15, -0.1) is 0 Å². The number of carbonyl (C=O) groups is 1. The smallest absolute Gasteiger partial charge is 0.253 e. The fourth-order valence-electron chi connectivity index (χ4n) is 1.34. The summed E-state index contributed by atoms with van der Waals surface area (Å²) in [4.78, 5) is 11.4. The number of nitrogens with one attached hydrogen (secondary N) is 2. The van der Waals surface area contributed by atoms with Crippen LogP contribution in [0, 0.1) is 5.82 Å². The summed E-state index contributed by atoms with van der Waals surface area (Å²) in [6, 6.07) is 3.53. The molecule has 0 spiro atoms. The highest BCUT2D eigenvalue weighted by Crippen LogP contribution is 2.22. The lowest BCUT2D eigenvalue weighted by Gasteiger charge is -2.08. The number of thiocarbonyl (C=S) groups is 1. The second-order valence-corrected chi connectivity index (χ2v) is 3.88. The standard InChI is InChI=1S/C9H6ClFN2OS/c10-5-3-4(1-2-6(5)11)7-8(14)13-9(15)12-7/h1-3,7H,(H2,12,13,14,15). The Morgan fingerprint density at radius 2 is 2.20 bits per heavy atom. The average Bonchev–Trinajstić information content (AvgIpc) is 2.50. The van der Waals surface area contributed by atoms with Crippen LogP contribution >= 0.6 is 23.8 Å². The van der Waals surface area contributed by atoms with Gasteiger partial charge >= 0.3 is 0 Å². The van der Waals surface area contributed by atoms with Gasteiger partial charge in [-0.2, -0.15) is 0 Å². The molecule has 1 amide bonds. The minimum atomic E-state index is -0.587. The summed E-state index contributed by atoms with van der Waals surface area (Å²) >= 11 is 10.4. The van der Waals surface area contributed by atoms with Crippen molar-refractivity contribution >= 4 is 34.8 Å². The molecule has 2 N–H and O–H groups in total. The molecule has 1 saturated heterocycles. The van der Waals surface area contributed by atoms with Crippen molar-refractivity contribution in [1.29, 1.82) is 0 Å². The molecule has 0 aliphatic carbocycles. The average molecular weight is 245 g/mol. The first-order chi connectivity index (χ1) is 7.08. The van der Waals surface area contributed by atoms with E-state index >= 15 is 0 Å². The third kappa shape index (κ3) is 1.93. The van der Waals surface area contributed by atoms with Gasteiger partial charge in [-0.05, 0) is 29.9 Å². The molecule has 0 radical (unpaired) electrons. The topological polar surface area (TPSA) is 41.1 Å². The van der Waals surface area contributed by atoms with Gasteiger partial charge < -0.3 is 10.6 Å². The Kier molecular flexibility index (Phi) is 2.58. The van der Waals surface area contributed by atoms with E-state index in [9.17, 15) is 9.18 Å². The number of hydrogen-bond donors (Lipinski definition) is 2. The van der Waals surface area contributed by atoms with E-state index in [2.05, 4.69) is 10.6 Å². The Bertz CT molecular complexity index is 452. The quantitative estimate of drug-likeness (QED) is 0.736. The van der Waals surface area contributed by atoms with Crippen molar-refractivity contribution < 1.29 is 9.18 Å². The largest absolute Gasteiger partial charge is 0.347 e. The molecular formula is C9H6ClFN2OS. The predicted molar refractivity (Wildman–Crippen MR) is 58.0 cm³/mol. The van der Waals surface area contributed by atoms with Crippen LogP contribution in [0.4, 0.5) is 4.39 Å². The van der Waals surface area contributed by atoms with Crippen molar-refractivity contribution in [3.05, 3.63) is 34.6 Å². The minimum Gasteiger partial charge on any atom is -0.347 e. The molecule has 1 heterocycles. The van der Waals surface area contributed by atoms with Crippen LogP contribution in [0.25, 0.3) is 0 Å². The highest BCUT2D eigenvalue weighted by molar-refractivity contribution is 7.80. The maximum absolute atomic E-state index is 12.9. The molecule has 0 aromatic heterocycles. The van der Waals surface area contributed by atoms with E-state index in [-0.39, 0.29) is 16.0 Å². The molecule has 1 aliphatic heterocycles. The summed E-state index contributed by atoms with van der Waals surface area (Å²) in [6.45, 7) is 0. The Morgan fingerprint density at radius 3 is 2.73 bits per heavy atom. The van der Waals surface area contributed by atoms with Crippen LogP contribution in [0.2, 0.25) is 5.02 Å². The summed E-state index contributed by atoms with van der Waals surface area (Å²) in [6.07, 6.45) is 0. The monoisotopic (exact) mass is 244 g/mol. The van der Waals surface area contributed by atoms with Gasteiger partial charge in [-0.1, -0.05) is 17.7 Å². The fraction of sp³-hybridized carbons (Fsp3) is 0.111. The maximum atomic E-state index is 12.9. The van der Waals surface area contributed by atoms with Crippen molar-refractivity contribution in [1.82, 2.24) is 10.6 Å². The summed E-state index contributed by atoms with van der Waals surface area (Å²) in [5, 5.41) is 5.46. The van der Waals surface area contributed by atoms with Crippen LogP contribution in [0.5, 0.6) is 0 Å². The van der Waals surface area contributed by atoms with Gasteiger partial charge in [0.1, 0.15) is 11.9 Å². The number of rotatable bonds is 1. The second-order valence-electron chi connectivity index (χ2n) is 3.07. The van der Waals surface area contributed by atoms with E-state index < -0.39 is 11.9 Å². The zero-order chi connectivity index (χ0) is 11.0. The molecular weight excluding hydrogens is 239 g/mol. The first-order valence-electron chi connectivity index (χ1n) is 4.14. The molecule has 0 saturated carbocycles. The lowest BCUT2D eigenvalue weighted by Crippen LogP contribution is -2.21. The molecule has 1 fully saturated rings. The van der Waals surface area contributed by atoms with E-state index in [1.165, 1.54) is 18.2 Å². The van der Waals surface area contributed by atoms with Crippen molar-refractivity contribution in [3.63, 3.8) is 0 Å². The Balaban J connectivity index is 2.34. The molecule has 0 bridgehead atoms. The zero-order valence-electron chi connectivity index (χ0n) is 7.38. The van der Waals surface area contributed by atoms with E-state index in [1.807, 2.05) is 0 Å². The highest BCUT2D eigenvalue weighted by Gasteiger charge is 2.28. The summed E-state index contributed by atoms with van der Waals surface area (Å²) in [7, 11) is 0. The summed E-state index contributed by atoms with van der Waals surface area (Å²) in [5.41, 5.74) is 0.582. The molecule has 15 heavy (non-hydrogen) atoms. The van der Waals surface area contributed by atoms with E-state index in [0.29, 0.717) is 5.56 Å². The Labute approximate surface area is 95.6 Å². The normalized spacial score (nSPS) is 20.0. The summed E-state index contributed by atoms with van der Waals surface area (Å²) < 4.78 is 12.9. The van der Waals surface area contributed by atoms with E-state index in [4.69, 9.17) is 23.8 Å². The number of hydrogen-bond acceptors (Lipinski definition) is 2. The van der Waals surface area contributed by atoms with Gasteiger partial charge in [0.05, 0.1) is 5.02 Å². The first kappa shape index (κ1) is 10.3. The minimum absolute atomic E-state index is 0.0140. The maximum Gasteiger partial charge on any atom is 0.253 e. The van der Waals surface area contributed by atoms with Gasteiger partial charge in [0.25, 0.3) is 5.91 Å². The van der Waals surface area contributed by atoms with Crippen molar-refractivity contribution in [3.8, 4) is 0 Å². The third-order valence-electron chi connectivity index (χ3n) is 2.05. The summed E-state index contributed by atoms with van der Waals surface area (Å²) in [5.74, 6) is -0.774. The number of benzene rings is 1. The molecule has 3 nitrogen and oxygen atoms in total. The van der Waals surface area contributed by atoms with Crippen LogP contribution in [-0.2, 0) is 4.79 Å². The molecule has 1 aliphatic rings. The van der Waals surface area contributed by atoms with Crippen LogP contribution in [0.3, 0.4) is 0 Å². The zero-order valence-corrected chi connectivity index (χ0v) is 8.95. The Morgan fingerprint density at radius 1 is 1.47 bits per heavy atom. The molecule has 1 aromatic rings. The molecule has 1 unspecified atom stereocenters. The van der Waals surface area contributed by atoms with Crippen molar-refractivity contribution in [2.45, 2.75) is 6.04 Å². The van der Waals surface area contributed by atoms with E-state index in [0.717, 1.165) is 0 Å². The van der Waals surface area contributed by atoms with Crippen LogP contribution in [0.15, 0.2) is 18.2 Å². The van der Waals surface area contributed by atoms with Gasteiger partial charge in [0.15, 0.2) is 5.11 Å². The molecule has 2 rings (SSSR count).